The van der Waals surface area contributed by atoms with Crippen LogP contribution in [-0.2, 0) is 9.53 Å². The zero-order chi connectivity index (χ0) is 11.4. The SMILES string of the molecule is O=C(O)CN1CCN(CC2CCOC2)CC1. The van der Waals surface area contributed by atoms with E-state index in [1.54, 1.807) is 0 Å². The van der Waals surface area contributed by atoms with Crippen molar-refractivity contribution >= 4 is 5.97 Å². The van der Waals surface area contributed by atoms with E-state index < -0.39 is 5.97 Å². The lowest BCUT2D eigenvalue weighted by molar-refractivity contribution is -0.138. The van der Waals surface area contributed by atoms with E-state index in [1.807, 2.05) is 4.90 Å². The minimum absolute atomic E-state index is 0.181. The van der Waals surface area contributed by atoms with Gasteiger partial charge in [-0.05, 0) is 12.3 Å². The van der Waals surface area contributed by atoms with Crippen LogP contribution in [0.1, 0.15) is 6.42 Å². The predicted molar refractivity (Wildman–Crippen MR) is 59.4 cm³/mol. The zero-order valence-corrected chi connectivity index (χ0v) is 9.60. The van der Waals surface area contributed by atoms with E-state index in [4.69, 9.17) is 9.84 Å². The Labute approximate surface area is 96.0 Å². The number of nitrogens with zero attached hydrogens (tertiary/aromatic N) is 2. The van der Waals surface area contributed by atoms with Gasteiger partial charge in [-0.1, -0.05) is 0 Å². The lowest BCUT2D eigenvalue weighted by atomic mass is 10.1. The first-order valence-electron chi connectivity index (χ1n) is 5.98. The normalized spacial score (nSPS) is 28.4. The van der Waals surface area contributed by atoms with Gasteiger partial charge in [-0.25, -0.2) is 0 Å². The molecule has 1 N–H and O–H groups in total. The van der Waals surface area contributed by atoms with Crippen LogP contribution in [0, 0.1) is 5.92 Å². The van der Waals surface area contributed by atoms with Crippen molar-refractivity contribution in [1.29, 1.82) is 0 Å². The maximum absolute atomic E-state index is 10.6. The molecule has 2 aliphatic heterocycles. The first-order chi connectivity index (χ1) is 7.74. The van der Waals surface area contributed by atoms with Gasteiger partial charge in [-0.2, -0.15) is 0 Å². The second-order valence-electron chi connectivity index (χ2n) is 4.70. The number of ether oxygens (including phenoxy) is 1. The summed E-state index contributed by atoms with van der Waals surface area (Å²) in [6.07, 6.45) is 1.18. The zero-order valence-electron chi connectivity index (χ0n) is 9.60. The maximum Gasteiger partial charge on any atom is 0.317 e. The molecule has 2 saturated heterocycles. The van der Waals surface area contributed by atoms with E-state index in [-0.39, 0.29) is 6.54 Å². The summed E-state index contributed by atoms with van der Waals surface area (Å²) in [6, 6.07) is 0. The van der Waals surface area contributed by atoms with Crippen molar-refractivity contribution in [3.05, 3.63) is 0 Å². The lowest BCUT2D eigenvalue weighted by Crippen LogP contribution is -2.49. The quantitative estimate of drug-likeness (QED) is 0.717. The molecule has 0 radical (unpaired) electrons. The van der Waals surface area contributed by atoms with Gasteiger partial charge in [0.05, 0.1) is 13.2 Å². The van der Waals surface area contributed by atoms with Gasteiger partial charge < -0.3 is 14.7 Å². The third-order valence-corrected chi connectivity index (χ3v) is 3.36. The summed E-state index contributed by atoms with van der Waals surface area (Å²) >= 11 is 0. The number of carbonyl (C=O) groups is 1. The molecule has 2 heterocycles. The molecule has 2 aliphatic rings. The summed E-state index contributed by atoms with van der Waals surface area (Å²) in [4.78, 5) is 15.0. The van der Waals surface area contributed by atoms with E-state index in [0.717, 1.165) is 45.9 Å². The monoisotopic (exact) mass is 228 g/mol. The third-order valence-electron chi connectivity index (χ3n) is 3.36. The van der Waals surface area contributed by atoms with Crippen LogP contribution in [-0.4, -0.2) is 73.4 Å². The largest absolute Gasteiger partial charge is 0.480 e. The summed E-state index contributed by atoms with van der Waals surface area (Å²) in [6.45, 7) is 6.83. The van der Waals surface area contributed by atoms with E-state index in [2.05, 4.69) is 4.90 Å². The van der Waals surface area contributed by atoms with Gasteiger partial charge >= 0.3 is 5.97 Å². The number of rotatable bonds is 4. The number of carboxylic acids is 1. The highest BCUT2D eigenvalue weighted by Crippen LogP contribution is 2.14. The Morgan fingerprint density at radius 1 is 1.25 bits per heavy atom. The van der Waals surface area contributed by atoms with Crippen molar-refractivity contribution in [3.8, 4) is 0 Å². The number of carboxylic acid groups (broad SMARTS) is 1. The Hall–Kier alpha value is -0.650. The molecule has 16 heavy (non-hydrogen) atoms. The number of hydrogen-bond donors (Lipinski definition) is 1. The topological polar surface area (TPSA) is 53.0 Å². The summed E-state index contributed by atoms with van der Waals surface area (Å²) in [7, 11) is 0. The van der Waals surface area contributed by atoms with E-state index in [1.165, 1.54) is 6.42 Å². The molecule has 0 aromatic carbocycles. The summed E-state index contributed by atoms with van der Waals surface area (Å²) in [5.74, 6) is -0.0383. The standard InChI is InChI=1S/C11H20N2O3/c14-11(15)8-13-4-2-12(3-5-13)7-10-1-6-16-9-10/h10H,1-9H2,(H,14,15). The Morgan fingerprint density at radius 2 is 1.94 bits per heavy atom. The van der Waals surface area contributed by atoms with Gasteiger partial charge in [-0.3, -0.25) is 9.69 Å². The minimum atomic E-state index is -0.724. The van der Waals surface area contributed by atoms with Crippen molar-refractivity contribution in [2.75, 3.05) is 52.5 Å². The lowest BCUT2D eigenvalue weighted by Gasteiger charge is -2.34. The molecule has 2 rings (SSSR count). The van der Waals surface area contributed by atoms with Crippen molar-refractivity contribution in [1.82, 2.24) is 9.80 Å². The molecule has 0 spiro atoms. The van der Waals surface area contributed by atoms with Crippen LogP contribution in [0.3, 0.4) is 0 Å². The fraction of sp³-hybridized carbons (Fsp3) is 0.909. The first-order valence-corrected chi connectivity index (χ1v) is 5.98. The van der Waals surface area contributed by atoms with Crippen LogP contribution in [0.5, 0.6) is 0 Å². The summed E-state index contributed by atoms with van der Waals surface area (Å²) < 4.78 is 5.36. The van der Waals surface area contributed by atoms with Crippen LogP contribution < -0.4 is 0 Å². The Balaban J connectivity index is 1.66. The van der Waals surface area contributed by atoms with E-state index in [9.17, 15) is 4.79 Å². The van der Waals surface area contributed by atoms with Crippen LogP contribution in [0.2, 0.25) is 0 Å². The Kier molecular flexibility index (Phi) is 4.15. The van der Waals surface area contributed by atoms with Gasteiger partial charge in [0.25, 0.3) is 0 Å². The van der Waals surface area contributed by atoms with Crippen molar-refractivity contribution in [2.45, 2.75) is 6.42 Å². The average molecular weight is 228 g/mol. The molecule has 0 aromatic heterocycles. The van der Waals surface area contributed by atoms with Crippen LogP contribution in [0.4, 0.5) is 0 Å². The highest BCUT2D eigenvalue weighted by Gasteiger charge is 2.23. The molecule has 0 aliphatic carbocycles. The Morgan fingerprint density at radius 3 is 2.50 bits per heavy atom. The van der Waals surface area contributed by atoms with Crippen LogP contribution in [0.25, 0.3) is 0 Å². The fourth-order valence-corrected chi connectivity index (χ4v) is 2.41. The number of piperazine rings is 1. The van der Waals surface area contributed by atoms with E-state index >= 15 is 0 Å². The van der Waals surface area contributed by atoms with Crippen LogP contribution in [0.15, 0.2) is 0 Å². The molecule has 0 bridgehead atoms. The Bertz CT molecular complexity index is 233. The first kappa shape index (κ1) is 11.8. The maximum atomic E-state index is 10.6. The second-order valence-corrected chi connectivity index (χ2v) is 4.70. The van der Waals surface area contributed by atoms with Gasteiger partial charge in [0.1, 0.15) is 0 Å². The van der Waals surface area contributed by atoms with E-state index in [0.29, 0.717) is 5.92 Å². The summed E-state index contributed by atoms with van der Waals surface area (Å²) in [5.41, 5.74) is 0. The van der Waals surface area contributed by atoms with Gasteiger partial charge in [0.15, 0.2) is 0 Å². The van der Waals surface area contributed by atoms with Gasteiger partial charge in [0, 0.05) is 39.3 Å². The molecule has 5 nitrogen and oxygen atoms in total. The smallest absolute Gasteiger partial charge is 0.317 e. The molecule has 1 atom stereocenters. The highest BCUT2D eigenvalue weighted by atomic mass is 16.5. The van der Waals surface area contributed by atoms with Gasteiger partial charge in [-0.15, -0.1) is 0 Å². The summed E-state index contributed by atoms with van der Waals surface area (Å²) in [5, 5.41) is 8.69. The molecule has 0 amide bonds. The fourth-order valence-electron chi connectivity index (χ4n) is 2.41. The molecular weight excluding hydrogens is 208 g/mol. The minimum Gasteiger partial charge on any atom is -0.480 e. The second kappa shape index (κ2) is 5.61. The molecule has 0 saturated carbocycles. The van der Waals surface area contributed by atoms with Crippen molar-refractivity contribution in [3.63, 3.8) is 0 Å². The molecule has 1 unspecified atom stereocenters. The average Bonchev–Trinajstić information content (AvgIpc) is 2.73. The molecular formula is C11H20N2O3. The van der Waals surface area contributed by atoms with Crippen LogP contribution >= 0.6 is 0 Å². The third kappa shape index (κ3) is 3.43. The predicted octanol–water partition coefficient (Wildman–Crippen LogP) is -0.275. The molecule has 5 heteroatoms. The molecule has 2 fully saturated rings. The molecule has 92 valence electrons. The number of hydrogen-bond acceptors (Lipinski definition) is 4. The number of aliphatic carboxylic acids is 1. The van der Waals surface area contributed by atoms with Crippen molar-refractivity contribution in [2.24, 2.45) is 5.92 Å². The van der Waals surface area contributed by atoms with Gasteiger partial charge in [0.2, 0.25) is 0 Å². The highest BCUT2D eigenvalue weighted by molar-refractivity contribution is 5.69. The van der Waals surface area contributed by atoms with Crippen molar-refractivity contribution < 1.29 is 14.6 Å². The molecule has 0 aromatic rings.